The zero-order chi connectivity index (χ0) is 20.8. The number of anilines is 1. The van der Waals surface area contributed by atoms with Crippen LogP contribution in [0.1, 0.15) is 35.2 Å². The van der Waals surface area contributed by atoms with E-state index in [-0.39, 0.29) is 17.9 Å². The lowest BCUT2D eigenvalue weighted by Crippen LogP contribution is -2.47. The number of benzene rings is 2. The van der Waals surface area contributed by atoms with E-state index in [1.807, 2.05) is 23.1 Å². The molecule has 0 radical (unpaired) electrons. The molecule has 4 rings (SSSR count). The van der Waals surface area contributed by atoms with Gasteiger partial charge in [-0.3, -0.25) is 14.5 Å². The highest BCUT2D eigenvalue weighted by Crippen LogP contribution is 2.21. The lowest BCUT2D eigenvalue weighted by atomic mass is 10.1. The van der Waals surface area contributed by atoms with Crippen LogP contribution in [0.4, 0.5) is 5.69 Å². The van der Waals surface area contributed by atoms with Crippen LogP contribution in [0, 0.1) is 0 Å². The van der Waals surface area contributed by atoms with Gasteiger partial charge in [-0.15, -0.1) is 0 Å². The molecule has 2 fully saturated rings. The van der Waals surface area contributed by atoms with Gasteiger partial charge in [-0.25, -0.2) is 0 Å². The molecule has 1 atom stereocenters. The molecule has 1 N–H and O–H groups in total. The average molecular weight is 408 g/mol. The lowest BCUT2D eigenvalue weighted by Gasteiger charge is -2.33. The highest BCUT2D eigenvalue weighted by Gasteiger charge is 2.22. The molecule has 2 aromatic rings. The second-order valence-corrected chi connectivity index (χ2v) is 7.97. The summed E-state index contributed by atoms with van der Waals surface area (Å²) in [5.41, 5.74) is 2.75. The van der Waals surface area contributed by atoms with Crippen molar-refractivity contribution in [2.45, 2.75) is 31.9 Å². The number of carbonyl (C=O) groups is 2. The summed E-state index contributed by atoms with van der Waals surface area (Å²) < 4.78 is 5.84. The van der Waals surface area contributed by atoms with Crippen molar-refractivity contribution >= 4 is 17.5 Å². The highest BCUT2D eigenvalue weighted by molar-refractivity contribution is 5.96. The van der Waals surface area contributed by atoms with Crippen molar-refractivity contribution in [3.05, 3.63) is 65.7 Å². The van der Waals surface area contributed by atoms with E-state index in [1.165, 1.54) is 5.56 Å². The van der Waals surface area contributed by atoms with Gasteiger partial charge >= 0.3 is 0 Å². The first-order valence-electron chi connectivity index (χ1n) is 10.8. The standard InChI is InChI=1S/C24H29N3O3/c28-23-8-4-5-13-27(23)21-11-9-20(10-12-21)24(29)25-16-22-18-26(14-15-30-22)17-19-6-2-1-3-7-19/h1-3,6-7,9-12,22H,4-5,8,13-18H2,(H,25,29). The highest BCUT2D eigenvalue weighted by atomic mass is 16.5. The Bertz CT molecular complexity index is 854. The summed E-state index contributed by atoms with van der Waals surface area (Å²) in [6, 6.07) is 17.7. The van der Waals surface area contributed by atoms with Gasteiger partial charge in [-0.1, -0.05) is 30.3 Å². The maximum atomic E-state index is 12.6. The Labute approximate surface area is 177 Å². The molecule has 30 heavy (non-hydrogen) atoms. The molecule has 0 bridgehead atoms. The second kappa shape index (κ2) is 9.87. The average Bonchev–Trinajstić information content (AvgIpc) is 2.79. The minimum atomic E-state index is -0.115. The van der Waals surface area contributed by atoms with Crippen molar-refractivity contribution in [2.75, 3.05) is 37.7 Å². The summed E-state index contributed by atoms with van der Waals surface area (Å²) in [7, 11) is 0. The van der Waals surface area contributed by atoms with Crippen LogP contribution in [-0.2, 0) is 16.1 Å². The number of ether oxygens (including phenoxy) is 1. The summed E-state index contributed by atoms with van der Waals surface area (Å²) >= 11 is 0. The van der Waals surface area contributed by atoms with Crippen LogP contribution in [0.2, 0.25) is 0 Å². The molecule has 0 aliphatic carbocycles. The van der Waals surface area contributed by atoms with E-state index in [0.717, 1.165) is 44.7 Å². The first-order chi connectivity index (χ1) is 14.7. The molecule has 2 aliphatic rings. The lowest BCUT2D eigenvalue weighted by molar-refractivity contribution is -0.119. The Kier molecular flexibility index (Phi) is 6.77. The summed E-state index contributed by atoms with van der Waals surface area (Å²) in [6.45, 7) is 4.50. The monoisotopic (exact) mass is 407 g/mol. The van der Waals surface area contributed by atoms with E-state index in [4.69, 9.17) is 4.74 Å². The summed E-state index contributed by atoms with van der Waals surface area (Å²) in [4.78, 5) is 28.8. The molecule has 0 saturated carbocycles. The largest absolute Gasteiger partial charge is 0.374 e. The molecular weight excluding hydrogens is 378 g/mol. The molecule has 158 valence electrons. The van der Waals surface area contributed by atoms with Crippen molar-refractivity contribution < 1.29 is 14.3 Å². The maximum Gasteiger partial charge on any atom is 0.251 e. The fourth-order valence-electron chi connectivity index (χ4n) is 4.07. The molecule has 1 unspecified atom stereocenters. The normalized spacial score (nSPS) is 20.2. The zero-order valence-corrected chi connectivity index (χ0v) is 17.3. The van der Waals surface area contributed by atoms with Gasteiger partial charge in [0.15, 0.2) is 0 Å². The van der Waals surface area contributed by atoms with Crippen molar-refractivity contribution in [2.24, 2.45) is 0 Å². The maximum absolute atomic E-state index is 12.6. The van der Waals surface area contributed by atoms with Crippen LogP contribution in [-0.4, -0.2) is 55.6 Å². The summed E-state index contributed by atoms with van der Waals surface area (Å²) in [5, 5.41) is 2.99. The Morgan fingerprint density at radius 3 is 2.60 bits per heavy atom. The van der Waals surface area contributed by atoms with Gasteiger partial charge in [0.05, 0.1) is 12.7 Å². The topological polar surface area (TPSA) is 61.9 Å². The van der Waals surface area contributed by atoms with E-state index >= 15 is 0 Å². The Balaban J connectivity index is 1.27. The minimum absolute atomic E-state index is 0.0170. The SMILES string of the molecule is O=C(NCC1CN(Cc2ccccc2)CCO1)c1ccc(N2CCCCC2=O)cc1. The van der Waals surface area contributed by atoms with E-state index < -0.39 is 0 Å². The van der Waals surface area contributed by atoms with E-state index in [2.05, 4.69) is 34.5 Å². The molecule has 2 amide bonds. The first-order valence-corrected chi connectivity index (χ1v) is 10.8. The Morgan fingerprint density at radius 1 is 1.03 bits per heavy atom. The van der Waals surface area contributed by atoms with Crippen LogP contribution in [0.3, 0.4) is 0 Å². The van der Waals surface area contributed by atoms with Crippen LogP contribution >= 0.6 is 0 Å². The van der Waals surface area contributed by atoms with Crippen LogP contribution in [0.15, 0.2) is 54.6 Å². The molecule has 6 heteroatoms. The fourth-order valence-corrected chi connectivity index (χ4v) is 4.07. The number of hydrogen-bond acceptors (Lipinski definition) is 4. The number of hydrogen-bond donors (Lipinski definition) is 1. The van der Waals surface area contributed by atoms with E-state index in [1.54, 1.807) is 12.1 Å². The number of amides is 2. The van der Waals surface area contributed by atoms with Crippen molar-refractivity contribution in [1.82, 2.24) is 10.2 Å². The molecule has 0 aromatic heterocycles. The number of carbonyl (C=O) groups excluding carboxylic acids is 2. The molecular formula is C24H29N3O3. The predicted molar refractivity (Wildman–Crippen MR) is 116 cm³/mol. The summed E-state index contributed by atoms with van der Waals surface area (Å²) in [6.07, 6.45) is 2.57. The van der Waals surface area contributed by atoms with Gasteiger partial charge in [0.2, 0.25) is 5.91 Å². The van der Waals surface area contributed by atoms with E-state index in [0.29, 0.717) is 25.1 Å². The smallest absolute Gasteiger partial charge is 0.251 e. The van der Waals surface area contributed by atoms with Crippen molar-refractivity contribution in [3.8, 4) is 0 Å². The van der Waals surface area contributed by atoms with E-state index in [9.17, 15) is 9.59 Å². The fraction of sp³-hybridized carbons (Fsp3) is 0.417. The van der Waals surface area contributed by atoms with Crippen molar-refractivity contribution in [1.29, 1.82) is 0 Å². The number of rotatable bonds is 6. The van der Waals surface area contributed by atoms with Gasteiger partial charge in [-0.2, -0.15) is 0 Å². The van der Waals surface area contributed by atoms with Crippen molar-refractivity contribution in [3.63, 3.8) is 0 Å². The quantitative estimate of drug-likeness (QED) is 0.800. The van der Waals surface area contributed by atoms with Gasteiger partial charge < -0.3 is 15.0 Å². The summed E-state index contributed by atoms with van der Waals surface area (Å²) in [5.74, 6) is 0.0447. The number of nitrogens with one attached hydrogen (secondary N) is 1. The Hall–Kier alpha value is -2.70. The number of morpholine rings is 1. The van der Waals surface area contributed by atoms with Gasteiger partial charge in [0.25, 0.3) is 5.91 Å². The molecule has 2 saturated heterocycles. The van der Waals surface area contributed by atoms with Crippen LogP contribution in [0.25, 0.3) is 0 Å². The van der Waals surface area contributed by atoms with Crippen LogP contribution < -0.4 is 10.2 Å². The zero-order valence-electron chi connectivity index (χ0n) is 17.3. The third-order valence-electron chi connectivity index (χ3n) is 5.73. The van der Waals surface area contributed by atoms with Crippen LogP contribution in [0.5, 0.6) is 0 Å². The van der Waals surface area contributed by atoms with Gasteiger partial charge in [0.1, 0.15) is 0 Å². The molecule has 2 heterocycles. The number of piperidine rings is 1. The third-order valence-corrected chi connectivity index (χ3v) is 5.73. The second-order valence-electron chi connectivity index (χ2n) is 7.97. The minimum Gasteiger partial charge on any atom is -0.374 e. The van der Waals surface area contributed by atoms with Gasteiger partial charge in [-0.05, 0) is 42.7 Å². The third kappa shape index (κ3) is 5.26. The number of nitrogens with zero attached hydrogens (tertiary/aromatic N) is 2. The Morgan fingerprint density at radius 2 is 1.83 bits per heavy atom. The van der Waals surface area contributed by atoms with Gasteiger partial charge in [0, 0.05) is 50.4 Å². The predicted octanol–water partition coefficient (Wildman–Crippen LogP) is 2.83. The molecule has 6 nitrogen and oxygen atoms in total. The molecule has 0 spiro atoms. The molecule has 2 aromatic carbocycles. The molecule has 2 aliphatic heterocycles. The first kappa shape index (κ1) is 20.6.